The maximum absolute atomic E-state index is 10.9. The van der Waals surface area contributed by atoms with E-state index in [2.05, 4.69) is 78.0 Å². The van der Waals surface area contributed by atoms with Gasteiger partial charge in [0.25, 0.3) is 0 Å². The maximum atomic E-state index is 10.9. The SMILES string of the molecule is Cn1c2c(c3ccccc31)CCN1CCC[C@](CO)(Cc3ccccc3)[C@]21C. The van der Waals surface area contributed by atoms with E-state index in [1.165, 1.54) is 27.7 Å². The fourth-order valence-corrected chi connectivity index (χ4v) is 6.28. The van der Waals surface area contributed by atoms with Gasteiger partial charge in [-0.25, -0.2) is 0 Å². The van der Waals surface area contributed by atoms with Crippen molar-refractivity contribution >= 4 is 10.9 Å². The molecule has 3 heteroatoms. The van der Waals surface area contributed by atoms with Crippen molar-refractivity contribution in [2.45, 2.75) is 38.1 Å². The van der Waals surface area contributed by atoms with Gasteiger partial charge in [0.05, 0.1) is 12.1 Å². The summed E-state index contributed by atoms with van der Waals surface area (Å²) in [5.41, 5.74) is 5.20. The first-order valence-electron chi connectivity index (χ1n) is 10.6. The molecule has 3 aromatic rings. The first-order valence-corrected chi connectivity index (χ1v) is 10.6. The quantitative estimate of drug-likeness (QED) is 0.742. The fraction of sp³-hybridized carbons (Fsp3) is 0.440. The van der Waals surface area contributed by atoms with Gasteiger partial charge in [-0.2, -0.15) is 0 Å². The zero-order chi connectivity index (χ0) is 19.4. The summed E-state index contributed by atoms with van der Waals surface area (Å²) in [7, 11) is 2.22. The van der Waals surface area contributed by atoms with Crippen LogP contribution in [0.4, 0.5) is 0 Å². The molecule has 2 aliphatic rings. The van der Waals surface area contributed by atoms with Gasteiger partial charge in [-0.1, -0.05) is 48.5 Å². The van der Waals surface area contributed by atoms with Crippen LogP contribution in [-0.4, -0.2) is 34.3 Å². The van der Waals surface area contributed by atoms with Gasteiger partial charge in [0, 0.05) is 35.6 Å². The van der Waals surface area contributed by atoms with E-state index < -0.39 is 0 Å². The molecule has 146 valence electrons. The molecule has 5 rings (SSSR count). The lowest BCUT2D eigenvalue weighted by atomic mass is 9.58. The normalized spacial score (nSPS) is 27.5. The molecule has 0 aliphatic carbocycles. The predicted octanol–water partition coefficient (Wildman–Crippen LogP) is 4.27. The number of hydrogen-bond acceptors (Lipinski definition) is 2. The number of aliphatic hydroxyl groups excluding tert-OH is 1. The van der Waals surface area contributed by atoms with Crippen LogP contribution < -0.4 is 0 Å². The van der Waals surface area contributed by atoms with Gasteiger partial charge in [0.2, 0.25) is 0 Å². The molecule has 0 bridgehead atoms. The Bertz CT molecular complexity index is 1010. The molecule has 3 nitrogen and oxygen atoms in total. The van der Waals surface area contributed by atoms with E-state index in [1.807, 2.05) is 0 Å². The average molecular weight is 375 g/mol. The summed E-state index contributed by atoms with van der Waals surface area (Å²) in [6.07, 6.45) is 4.23. The van der Waals surface area contributed by atoms with E-state index in [9.17, 15) is 5.11 Å². The molecule has 0 unspecified atom stereocenters. The largest absolute Gasteiger partial charge is 0.396 e. The Kier molecular flexibility index (Phi) is 4.15. The number of benzene rings is 2. The third-order valence-electron chi connectivity index (χ3n) is 7.74. The molecular formula is C25H30N2O. The number of hydrogen-bond donors (Lipinski definition) is 1. The van der Waals surface area contributed by atoms with Gasteiger partial charge in [-0.15, -0.1) is 0 Å². The highest BCUT2D eigenvalue weighted by Gasteiger charge is 2.57. The standard InChI is InChI=1S/C25H30N2O/c1-24-23-21(20-11-6-7-12-22(20)26(23)2)13-16-27(24)15-8-14-25(24,18-28)17-19-9-4-3-5-10-19/h3-7,9-12,28H,8,13-18H2,1-2H3/t24-,25+/m0/s1. The number of nitrogens with zero attached hydrogens (tertiary/aromatic N) is 2. The summed E-state index contributed by atoms with van der Waals surface area (Å²) in [4.78, 5) is 2.66. The Morgan fingerprint density at radius 1 is 1.00 bits per heavy atom. The van der Waals surface area contributed by atoms with Crippen LogP contribution >= 0.6 is 0 Å². The molecule has 2 aliphatic heterocycles. The molecule has 2 aromatic carbocycles. The first-order chi connectivity index (χ1) is 13.6. The van der Waals surface area contributed by atoms with Crippen LogP contribution in [0, 0.1) is 5.41 Å². The van der Waals surface area contributed by atoms with Crippen LogP contribution in [-0.2, 0) is 25.4 Å². The van der Waals surface area contributed by atoms with Gasteiger partial charge in [-0.05, 0) is 56.3 Å². The van der Waals surface area contributed by atoms with Gasteiger partial charge < -0.3 is 9.67 Å². The summed E-state index contributed by atoms with van der Waals surface area (Å²) in [6.45, 7) is 4.82. The number of rotatable bonds is 3. The Balaban J connectivity index is 1.74. The van der Waals surface area contributed by atoms with Crippen molar-refractivity contribution in [3.63, 3.8) is 0 Å². The molecule has 0 saturated carbocycles. The Labute approximate surface area is 167 Å². The van der Waals surface area contributed by atoms with E-state index in [1.54, 1.807) is 0 Å². The van der Waals surface area contributed by atoms with Gasteiger partial charge in [0.1, 0.15) is 0 Å². The first kappa shape index (κ1) is 18.0. The molecule has 1 N–H and O–H groups in total. The van der Waals surface area contributed by atoms with Crippen LogP contribution in [0.3, 0.4) is 0 Å². The summed E-state index contributed by atoms with van der Waals surface area (Å²) < 4.78 is 2.41. The summed E-state index contributed by atoms with van der Waals surface area (Å²) in [6, 6.07) is 19.5. The van der Waals surface area contributed by atoms with Gasteiger partial charge in [-0.3, -0.25) is 4.90 Å². The molecule has 0 spiro atoms. The van der Waals surface area contributed by atoms with Crippen molar-refractivity contribution in [3.8, 4) is 0 Å². The zero-order valence-corrected chi connectivity index (χ0v) is 17.0. The number of aryl methyl sites for hydroxylation is 1. The number of aliphatic hydroxyl groups is 1. The Hall–Kier alpha value is -2.10. The second-order valence-electron chi connectivity index (χ2n) is 8.92. The number of para-hydroxylation sites is 1. The highest BCUT2D eigenvalue weighted by Crippen LogP contribution is 2.55. The van der Waals surface area contributed by atoms with Crippen molar-refractivity contribution in [2.75, 3.05) is 19.7 Å². The lowest BCUT2D eigenvalue weighted by molar-refractivity contribution is -0.106. The number of piperidine rings is 1. The Morgan fingerprint density at radius 2 is 1.75 bits per heavy atom. The second kappa shape index (κ2) is 6.47. The van der Waals surface area contributed by atoms with Crippen molar-refractivity contribution in [3.05, 3.63) is 71.4 Å². The highest BCUT2D eigenvalue weighted by molar-refractivity contribution is 5.86. The number of aromatic nitrogens is 1. The van der Waals surface area contributed by atoms with E-state index in [0.29, 0.717) is 0 Å². The average Bonchev–Trinajstić information content (AvgIpc) is 3.03. The fourth-order valence-electron chi connectivity index (χ4n) is 6.28. The van der Waals surface area contributed by atoms with Crippen LogP contribution in [0.1, 0.15) is 36.6 Å². The van der Waals surface area contributed by atoms with Crippen molar-refractivity contribution < 1.29 is 5.11 Å². The Morgan fingerprint density at radius 3 is 2.54 bits per heavy atom. The molecular weight excluding hydrogens is 344 g/mol. The minimum atomic E-state index is -0.177. The molecule has 0 amide bonds. The molecule has 28 heavy (non-hydrogen) atoms. The summed E-state index contributed by atoms with van der Waals surface area (Å²) >= 11 is 0. The zero-order valence-electron chi connectivity index (χ0n) is 17.0. The van der Waals surface area contributed by atoms with E-state index in [-0.39, 0.29) is 17.6 Å². The minimum absolute atomic E-state index is 0.169. The summed E-state index contributed by atoms with van der Waals surface area (Å²) in [5.74, 6) is 0. The van der Waals surface area contributed by atoms with Crippen LogP contribution in [0.5, 0.6) is 0 Å². The second-order valence-corrected chi connectivity index (χ2v) is 8.92. The molecule has 1 fully saturated rings. The molecule has 1 saturated heterocycles. The van der Waals surface area contributed by atoms with Crippen LogP contribution in [0.25, 0.3) is 10.9 Å². The predicted molar refractivity (Wildman–Crippen MR) is 114 cm³/mol. The molecule has 2 atom stereocenters. The van der Waals surface area contributed by atoms with Gasteiger partial charge in [0.15, 0.2) is 0 Å². The van der Waals surface area contributed by atoms with Gasteiger partial charge >= 0.3 is 0 Å². The number of fused-ring (bicyclic) bond motifs is 5. The van der Waals surface area contributed by atoms with E-state index in [4.69, 9.17) is 0 Å². The van der Waals surface area contributed by atoms with E-state index >= 15 is 0 Å². The lowest BCUT2D eigenvalue weighted by Crippen LogP contribution is -2.64. The smallest absolute Gasteiger partial charge is 0.0670 e. The summed E-state index contributed by atoms with van der Waals surface area (Å²) in [5, 5.41) is 12.2. The van der Waals surface area contributed by atoms with Crippen LogP contribution in [0.2, 0.25) is 0 Å². The van der Waals surface area contributed by atoms with Crippen molar-refractivity contribution in [1.29, 1.82) is 0 Å². The molecule has 1 aromatic heterocycles. The monoisotopic (exact) mass is 374 g/mol. The molecule has 3 heterocycles. The topological polar surface area (TPSA) is 28.4 Å². The maximum Gasteiger partial charge on any atom is 0.0670 e. The van der Waals surface area contributed by atoms with Crippen molar-refractivity contribution in [1.82, 2.24) is 9.47 Å². The van der Waals surface area contributed by atoms with Crippen molar-refractivity contribution in [2.24, 2.45) is 12.5 Å². The highest BCUT2D eigenvalue weighted by atomic mass is 16.3. The minimum Gasteiger partial charge on any atom is -0.396 e. The molecule has 0 radical (unpaired) electrons. The third kappa shape index (κ3) is 2.29. The van der Waals surface area contributed by atoms with E-state index in [0.717, 1.165) is 38.8 Å². The lowest BCUT2D eigenvalue weighted by Gasteiger charge is -2.59. The van der Waals surface area contributed by atoms with Crippen LogP contribution in [0.15, 0.2) is 54.6 Å². The third-order valence-corrected chi connectivity index (χ3v) is 7.74.